The normalized spacial score (nSPS) is 12.2. The van der Waals surface area contributed by atoms with Crippen molar-refractivity contribution in [2.45, 2.75) is 26.1 Å². The van der Waals surface area contributed by atoms with Gasteiger partial charge in [-0.1, -0.05) is 47.1 Å². The van der Waals surface area contributed by atoms with Crippen LogP contribution >= 0.6 is 15.9 Å². The van der Waals surface area contributed by atoms with Crippen LogP contribution in [0.3, 0.4) is 0 Å². The number of rotatable bonds is 5. The lowest BCUT2D eigenvalue weighted by atomic mass is 10.1. The quantitative estimate of drug-likeness (QED) is 0.880. The summed E-state index contributed by atoms with van der Waals surface area (Å²) < 4.78 is 6.76. The molecule has 0 bridgehead atoms. The molecule has 0 radical (unpaired) electrons. The summed E-state index contributed by atoms with van der Waals surface area (Å²) in [6.45, 7) is 2.50. The Morgan fingerprint density at radius 1 is 1.16 bits per heavy atom. The second-order valence-corrected chi connectivity index (χ2v) is 5.33. The monoisotopic (exact) mass is 320 g/mol. The molecule has 0 saturated carbocycles. The van der Waals surface area contributed by atoms with Gasteiger partial charge in [-0.3, -0.25) is 0 Å². The third-order valence-electron chi connectivity index (χ3n) is 2.95. The van der Waals surface area contributed by atoms with Crippen LogP contribution in [0, 0.1) is 0 Å². The van der Waals surface area contributed by atoms with Gasteiger partial charge in [0.2, 0.25) is 0 Å². The van der Waals surface area contributed by atoms with Crippen molar-refractivity contribution >= 4 is 15.9 Å². The van der Waals surface area contributed by atoms with E-state index in [2.05, 4.69) is 15.9 Å². The highest BCUT2D eigenvalue weighted by Gasteiger charge is 2.04. The minimum Gasteiger partial charge on any atom is -0.489 e. The molecule has 100 valence electrons. The average molecular weight is 321 g/mol. The van der Waals surface area contributed by atoms with E-state index in [1.807, 2.05) is 55.5 Å². The van der Waals surface area contributed by atoms with E-state index in [1.54, 1.807) is 0 Å². The molecule has 0 heterocycles. The molecule has 0 aliphatic rings. The van der Waals surface area contributed by atoms with E-state index in [1.165, 1.54) is 0 Å². The minimum absolute atomic E-state index is 0.390. The van der Waals surface area contributed by atoms with Crippen molar-refractivity contribution in [1.82, 2.24) is 0 Å². The molecule has 2 nitrogen and oxygen atoms in total. The van der Waals surface area contributed by atoms with Gasteiger partial charge in [0.15, 0.2) is 0 Å². The summed E-state index contributed by atoms with van der Waals surface area (Å²) in [6.07, 6.45) is 0.331. The first kappa shape index (κ1) is 14.1. The molecule has 0 aliphatic carbocycles. The number of ether oxygens (including phenoxy) is 1. The zero-order valence-corrected chi connectivity index (χ0v) is 12.4. The topological polar surface area (TPSA) is 29.5 Å². The fourth-order valence-electron chi connectivity index (χ4n) is 1.82. The molecule has 1 N–H and O–H groups in total. The van der Waals surface area contributed by atoms with Gasteiger partial charge in [0.05, 0.1) is 6.10 Å². The molecule has 0 aromatic heterocycles. The molecular formula is C16H17BrO2. The summed E-state index contributed by atoms with van der Waals surface area (Å²) >= 11 is 3.44. The number of halogens is 1. The van der Waals surface area contributed by atoms with Crippen LogP contribution in [0.5, 0.6) is 5.75 Å². The van der Waals surface area contributed by atoms with Gasteiger partial charge in [0.1, 0.15) is 12.4 Å². The van der Waals surface area contributed by atoms with E-state index < -0.39 is 0 Å². The molecule has 19 heavy (non-hydrogen) atoms. The molecule has 0 aliphatic heterocycles. The largest absolute Gasteiger partial charge is 0.489 e. The van der Waals surface area contributed by atoms with Crippen LogP contribution in [0.4, 0.5) is 0 Å². The first-order valence-corrected chi connectivity index (χ1v) is 7.13. The molecule has 2 rings (SSSR count). The standard InChI is InChI=1S/C16H17BrO2/c1-2-16(18)13-6-8-15(9-7-13)19-11-12-4-3-5-14(17)10-12/h3-10,16,18H,2,11H2,1H3/t16-/m0/s1. The van der Waals surface area contributed by atoms with Crippen molar-refractivity contribution in [2.75, 3.05) is 0 Å². The summed E-state index contributed by atoms with van der Waals surface area (Å²) in [7, 11) is 0. The van der Waals surface area contributed by atoms with Gasteiger partial charge in [-0.05, 0) is 41.8 Å². The Bertz CT molecular complexity index is 523. The van der Waals surface area contributed by atoms with E-state index in [0.29, 0.717) is 6.61 Å². The summed E-state index contributed by atoms with van der Waals surface area (Å²) in [6, 6.07) is 15.6. The molecule has 0 unspecified atom stereocenters. The van der Waals surface area contributed by atoms with Crippen LogP contribution in [0.25, 0.3) is 0 Å². The first-order chi connectivity index (χ1) is 9.19. The fraction of sp³-hybridized carbons (Fsp3) is 0.250. The Labute approximate surface area is 122 Å². The maximum Gasteiger partial charge on any atom is 0.119 e. The van der Waals surface area contributed by atoms with Gasteiger partial charge in [-0.25, -0.2) is 0 Å². The van der Waals surface area contributed by atoms with E-state index in [9.17, 15) is 5.11 Å². The van der Waals surface area contributed by atoms with Crippen LogP contribution in [-0.4, -0.2) is 5.11 Å². The lowest BCUT2D eigenvalue weighted by Crippen LogP contribution is -1.97. The molecule has 1 atom stereocenters. The van der Waals surface area contributed by atoms with Gasteiger partial charge < -0.3 is 9.84 Å². The molecule has 2 aromatic rings. The number of benzene rings is 2. The van der Waals surface area contributed by atoms with Crippen molar-refractivity contribution in [3.63, 3.8) is 0 Å². The Morgan fingerprint density at radius 3 is 2.53 bits per heavy atom. The minimum atomic E-state index is -0.390. The van der Waals surface area contributed by atoms with Crippen LogP contribution in [0.15, 0.2) is 53.0 Å². The maximum absolute atomic E-state index is 9.71. The Kier molecular flexibility index (Phi) is 5.00. The van der Waals surface area contributed by atoms with E-state index in [-0.39, 0.29) is 6.10 Å². The third-order valence-corrected chi connectivity index (χ3v) is 3.44. The van der Waals surface area contributed by atoms with Crippen molar-refractivity contribution < 1.29 is 9.84 Å². The summed E-state index contributed by atoms with van der Waals surface area (Å²) in [5.74, 6) is 0.812. The van der Waals surface area contributed by atoms with E-state index in [4.69, 9.17) is 4.74 Å². The third kappa shape index (κ3) is 4.08. The van der Waals surface area contributed by atoms with Crippen LogP contribution in [0.1, 0.15) is 30.6 Å². The number of hydrogen-bond donors (Lipinski definition) is 1. The van der Waals surface area contributed by atoms with Gasteiger partial charge >= 0.3 is 0 Å². The summed E-state index contributed by atoms with van der Waals surface area (Å²) in [5.41, 5.74) is 2.05. The van der Waals surface area contributed by atoms with E-state index in [0.717, 1.165) is 27.8 Å². The fourth-order valence-corrected chi connectivity index (χ4v) is 2.26. The van der Waals surface area contributed by atoms with Gasteiger partial charge in [-0.15, -0.1) is 0 Å². The lowest BCUT2D eigenvalue weighted by Gasteiger charge is -2.10. The first-order valence-electron chi connectivity index (χ1n) is 6.34. The number of hydrogen-bond acceptors (Lipinski definition) is 2. The smallest absolute Gasteiger partial charge is 0.119 e. The molecular weight excluding hydrogens is 304 g/mol. The van der Waals surface area contributed by atoms with Gasteiger partial charge in [0, 0.05) is 4.47 Å². The van der Waals surface area contributed by atoms with E-state index >= 15 is 0 Å². The highest BCUT2D eigenvalue weighted by Crippen LogP contribution is 2.21. The highest BCUT2D eigenvalue weighted by molar-refractivity contribution is 9.10. The average Bonchev–Trinajstić information content (AvgIpc) is 2.45. The number of aliphatic hydroxyl groups excluding tert-OH is 1. The van der Waals surface area contributed by atoms with Crippen molar-refractivity contribution in [3.8, 4) is 5.75 Å². The second-order valence-electron chi connectivity index (χ2n) is 4.41. The predicted molar refractivity (Wildman–Crippen MR) is 80.2 cm³/mol. The Hall–Kier alpha value is -1.32. The molecule has 3 heteroatoms. The van der Waals surface area contributed by atoms with Crippen molar-refractivity contribution in [3.05, 3.63) is 64.1 Å². The van der Waals surface area contributed by atoms with Crippen LogP contribution in [0.2, 0.25) is 0 Å². The molecule has 0 fully saturated rings. The van der Waals surface area contributed by atoms with Crippen molar-refractivity contribution in [1.29, 1.82) is 0 Å². The number of aliphatic hydroxyl groups is 1. The summed E-state index contributed by atoms with van der Waals surface area (Å²) in [4.78, 5) is 0. The molecule has 0 saturated heterocycles. The van der Waals surface area contributed by atoms with Crippen molar-refractivity contribution in [2.24, 2.45) is 0 Å². The zero-order valence-electron chi connectivity index (χ0n) is 10.8. The SMILES string of the molecule is CC[C@H](O)c1ccc(OCc2cccc(Br)c2)cc1. The van der Waals surface area contributed by atoms with Crippen LogP contribution < -0.4 is 4.74 Å². The zero-order chi connectivity index (χ0) is 13.7. The molecule has 0 spiro atoms. The maximum atomic E-state index is 9.71. The van der Waals surface area contributed by atoms with Crippen LogP contribution in [-0.2, 0) is 6.61 Å². The van der Waals surface area contributed by atoms with Gasteiger partial charge in [-0.2, -0.15) is 0 Å². The Balaban J connectivity index is 1.96. The second kappa shape index (κ2) is 6.73. The lowest BCUT2D eigenvalue weighted by molar-refractivity contribution is 0.173. The molecule has 2 aromatic carbocycles. The Morgan fingerprint density at radius 2 is 1.89 bits per heavy atom. The molecule has 0 amide bonds. The predicted octanol–water partition coefficient (Wildman–Crippen LogP) is 4.47. The summed E-state index contributed by atoms with van der Waals surface area (Å²) in [5, 5.41) is 9.71. The highest BCUT2D eigenvalue weighted by atomic mass is 79.9. The van der Waals surface area contributed by atoms with Gasteiger partial charge in [0.25, 0.3) is 0 Å².